The quantitative estimate of drug-likeness (QED) is 0.469. The predicted molar refractivity (Wildman–Crippen MR) is 111 cm³/mol. The van der Waals surface area contributed by atoms with Crippen LogP contribution in [-0.2, 0) is 11.8 Å². The number of hydrogen-bond acceptors (Lipinski definition) is 6. The van der Waals surface area contributed by atoms with Crippen LogP contribution < -0.4 is 5.56 Å². The van der Waals surface area contributed by atoms with E-state index in [9.17, 15) is 14.4 Å². The number of esters is 1. The molecule has 0 spiro atoms. The van der Waals surface area contributed by atoms with Gasteiger partial charge < -0.3 is 13.7 Å². The molecular formula is C23H24N2O5. The summed E-state index contributed by atoms with van der Waals surface area (Å²) >= 11 is 0. The molecular weight excluding hydrogens is 384 g/mol. The van der Waals surface area contributed by atoms with Crippen molar-refractivity contribution in [3.05, 3.63) is 63.4 Å². The van der Waals surface area contributed by atoms with Crippen LogP contribution >= 0.6 is 0 Å². The van der Waals surface area contributed by atoms with Crippen LogP contribution in [0.3, 0.4) is 0 Å². The minimum Gasteiger partial charge on any atom is -0.454 e. The third kappa shape index (κ3) is 3.79. The number of furan rings is 1. The number of benzene rings is 1. The molecule has 0 unspecified atom stereocenters. The van der Waals surface area contributed by atoms with E-state index in [1.165, 1.54) is 55.6 Å². The van der Waals surface area contributed by atoms with E-state index in [0.717, 1.165) is 0 Å². The first kappa shape index (κ1) is 20.1. The predicted octanol–water partition coefficient (Wildman–Crippen LogP) is 3.92. The number of rotatable bonds is 5. The van der Waals surface area contributed by atoms with Gasteiger partial charge in [-0.1, -0.05) is 43.5 Å². The minimum atomic E-state index is -0.775. The Bertz CT molecular complexity index is 1150. The number of carbonyl (C=O) groups excluding carboxylic acids is 2. The second-order valence-electron chi connectivity index (χ2n) is 7.83. The topological polar surface area (TPSA) is 91.4 Å². The molecule has 1 aromatic carbocycles. The molecule has 0 radical (unpaired) electrons. The molecule has 0 N–H and O–H groups in total. The molecule has 4 rings (SSSR count). The Morgan fingerprint density at radius 1 is 1.17 bits per heavy atom. The van der Waals surface area contributed by atoms with Gasteiger partial charge in [0.05, 0.1) is 0 Å². The first-order valence-corrected chi connectivity index (χ1v) is 10.2. The highest BCUT2D eigenvalue weighted by Crippen LogP contribution is 2.32. The van der Waals surface area contributed by atoms with Gasteiger partial charge in [-0.15, -0.1) is 0 Å². The maximum Gasteiger partial charge on any atom is 0.343 e. The van der Waals surface area contributed by atoms with Crippen molar-refractivity contribution in [3.63, 3.8) is 0 Å². The van der Waals surface area contributed by atoms with Crippen molar-refractivity contribution in [3.8, 4) is 0 Å². The highest BCUT2D eigenvalue weighted by atomic mass is 16.5. The molecule has 7 nitrogen and oxygen atoms in total. The number of fused-ring (bicyclic) bond motifs is 1. The van der Waals surface area contributed by atoms with Crippen LogP contribution in [-0.4, -0.2) is 27.9 Å². The number of ketones is 1. The normalized spacial score (nSPS) is 14.7. The van der Waals surface area contributed by atoms with Crippen LogP contribution in [0.5, 0.6) is 0 Å². The number of Topliss-reactive ketones (excluding diaryl/α,β-unsaturated/α-hetero) is 1. The average Bonchev–Trinajstić information content (AvgIpc) is 3.12. The third-order valence-electron chi connectivity index (χ3n) is 5.80. The van der Waals surface area contributed by atoms with Crippen molar-refractivity contribution >= 4 is 22.9 Å². The molecule has 1 fully saturated rings. The van der Waals surface area contributed by atoms with Gasteiger partial charge in [0, 0.05) is 12.6 Å². The summed E-state index contributed by atoms with van der Waals surface area (Å²) in [6.45, 7) is 1.15. The lowest BCUT2D eigenvalue weighted by atomic mass is 9.84. The number of aromatic nitrogens is 2. The van der Waals surface area contributed by atoms with Gasteiger partial charge in [-0.25, -0.2) is 9.78 Å². The fourth-order valence-electron chi connectivity index (χ4n) is 4.10. The fraction of sp³-hybridized carbons (Fsp3) is 0.391. The van der Waals surface area contributed by atoms with Crippen LogP contribution in [0, 0.1) is 6.92 Å². The summed E-state index contributed by atoms with van der Waals surface area (Å²) in [4.78, 5) is 41.5. The van der Waals surface area contributed by atoms with Crippen molar-refractivity contribution in [2.24, 2.45) is 7.05 Å². The van der Waals surface area contributed by atoms with E-state index in [1.54, 1.807) is 19.1 Å². The van der Waals surface area contributed by atoms with Crippen molar-refractivity contribution in [1.82, 2.24) is 9.55 Å². The summed E-state index contributed by atoms with van der Waals surface area (Å²) in [7, 11) is 1.53. The second kappa shape index (κ2) is 8.26. The Kier molecular flexibility index (Phi) is 5.53. The van der Waals surface area contributed by atoms with Crippen molar-refractivity contribution in [2.75, 3.05) is 6.61 Å². The van der Waals surface area contributed by atoms with Crippen LogP contribution in [0.2, 0.25) is 0 Å². The van der Waals surface area contributed by atoms with Gasteiger partial charge in [0.25, 0.3) is 5.56 Å². The Labute approximate surface area is 173 Å². The second-order valence-corrected chi connectivity index (χ2v) is 7.83. The summed E-state index contributed by atoms with van der Waals surface area (Å²) in [6.07, 6.45) is 7.51. The highest BCUT2D eigenvalue weighted by Gasteiger charge is 2.24. The number of nitrogens with zero attached hydrogens (tertiary/aromatic N) is 2. The zero-order valence-electron chi connectivity index (χ0n) is 17.1. The first-order valence-electron chi connectivity index (χ1n) is 10.2. The Morgan fingerprint density at radius 3 is 2.57 bits per heavy atom. The Hall–Kier alpha value is -3.22. The summed E-state index contributed by atoms with van der Waals surface area (Å²) < 4.78 is 11.9. The van der Waals surface area contributed by atoms with Crippen molar-refractivity contribution in [1.29, 1.82) is 0 Å². The Morgan fingerprint density at radius 2 is 1.87 bits per heavy atom. The van der Waals surface area contributed by atoms with Crippen LogP contribution in [0.25, 0.3) is 11.1 Å². The lowest BCUT2D eigenvalue weighted by Gasteiger charge is -2.22. The zero-order valence-corrected chi connectivity index (χ0v) is 17.1. The largest absolute Gasteiger partial charge is 0.454 e. The molecule has 7 heteroatoms. The van der Waals surface area contributed by atoms with Crippen molar-refractivity contribution in [2.45, 2.75) is 44.9 Å². The molecule has 0 aliphatic heterocycles. The monoisotopic (exact) mass is 408 g/mol. The van der Waals surface area contributed by atoms with Gasteiger partial charge in [0.15, 0.2) is 12.4 Å². The van der Waals surface area contributed by atoms with E-state index in [2.05, 4.69) is 4.98 Å². The van der Waals surface area contributed by atoms with E-state index < -0.39 is 18.1 Å². The molecule has 30 heavy (non-hydrogen) atoms. The van der Waals surface area contributed by atoms with E-state index >= 15 is 0 Å². The lowest BCUT2D eigenvalue weighted by Crippen LogP contribution is -2.20. The molecule has 0 bridgehead atoms. The van der Waals surface area contributed by atoms with Crippen molar-refractivity contribution < 1.29 is 18.7 Å². The number of hydrogen-bond donors (Lipinski definition) is 0. The molecule has 156 valence electrons. The molecule has 0 atom stereocenters. The van der Waals surface area contributed by atoms with E-state index in [-0.39, 0.29) is 28.2 Å². The zero-order chi connectivity index (χ0) is 21.3. The summed E-state index contributed by atoms with van der Waals surface area (Å²) in [5.74, 6) is -0.275. The standard InChI is InChI=1S/C23H24N2O5/c1-14-19(20-21(30-14)24-13-25(2)22(20)27)23(28)29-12-18(26)17-10-8-16(9-11-17)15-6-4-3-5-7-15/h8-11,13,15H,3-7,12H2,1-2H3. The van der Waals surface area contributed by atoms with Gasteiger partial charge in [0.1, 0.15) is 23.0 Å². The molecule has 1 saturated carbocycles. The van der Waals surface area contributed by atoms with Gasteiger partial charge >= 0.3 is 5.97 Å². The molecule has 1 aliphatic carbocycles. The minimum absolute atomic E-state index is 0.0131. The summed E-state index contributed by atoms with van der Waals surface area (Å²) in [6, 6.07) is 7.57. The highest BCUT2D eigenvalue weighted by molar-refractivity contribution is 6.05. The smallest absolute Gasteiger partial charge is 0.343 e. The first-order chi connectivity index (χ1) is 14.5. The molecule has 2 heterocycles. The average molecular weight is 408 g/mol. The number of aryl methyl sites for hydroxylation is 2. The van der Waals surface area contributed by atoms with Crippen LogP contribution in [0.15, 0.2) is 39.8 Å². The lowest BCUT2D eigenvalue weighted by molar-refractivity contribution is 0.0474. The van der Waals surface area contributed by atoms with E-state index in [0.29, 0.717) is 11.5 Å². The molecule has 1 aliphatic rings. The van der Waals surface area contributed by atoms with Gasteiger partial charge in [-0.3, -0.25) is 9.59 Å². The van der Waals surface area contributed by atoms with Gasteiger partial charge in [-0.2, -0.15) is 0 Å². The SMILES string of the molecule is Cc1oc2ncn(C)c(=O)c2c1C(=O)OCC(=O)c1ccc(C2CCCCC2)cc1. The van der Waals surface area contributed by atoms with E-state index in [1.807, 2.05) is 12.1 Å². The maximum atomic E-state index is 12.6. The Balaban J connectivity index is 1.46. The maximum absolute atomic E-state index is 12.6. The van der Waals surface area contributed by atoms with Crippen LogP contribution in [0.1, 0.15) is 70.1 Å². The van der Waals surface area contributed by atoms with Gasteiger partial charge in [0.2, 0.25) is 5.71 Å². The molecule has 0 saturated heterocycles. The fourth-order valence-corrected chi connectivity index (χ4v) is 4.10. The van der Waals surface area contributed by atoms with Crippen LogP contribution in [0.4, 0.5) is 0 Å². The number of carbonyl (C=O) groups is 2. The molecule has 2 aromatic heterocycles. The summed E-state index contributed by atoms with van der Waals surface area (Å²) in [5, 5.41) is 0.0618. The van der Waals surface area contributed by atoms with E-state index in [4.69, 9.17) is 9.15 Å². The number of ether oxygens (including phenoxy) is 1. The molecule has 0 amide bonds. The van der Waals surface area contributed by atoms with Gasteiger partial charge in [-0.05, 0) is 31.2 Å². The summed E-state index contributed by atoms with van der Waals surface area (Å²) in [5.41, 5.74) is 1.43. The molecule has 3 aromatic rings. The third-order valence-corrected chi connectivity index (χ3v) is 5.80.